The molecular weight excluding hydrogens is 351 g/mol. The number of carbonyl (C=O) groups is 3. The van der Waals surface area contributed by atoms with Crippen LogP contribution in [0.3, 0.4) is 0 Å². The third-order valence-electron chi connectivity index (χ3n) is 5.31. The third-order valence-corrected chi connectivity index (χ3v) is 5.31. The lowest BCUT2D eigenvalue weighted by atomic mass is 9.95. The van der Waals surface area contributed by atoms with Crippen LogP contribution in [-0.4, -0.2) is 58.4 Å². The van der Waals surface area contributed by atoms with Crippen LogP contribution >= 0.6 is 0 Å². The first kappa shape index (κ1) is 19.3. The van der Waals surface area contributed by atoms with E-state index in [-0.39, 0.29) is 30.3 Å². The quantitative estimate of drug-likeness (QED) is 0.827. The van der Waals surface area contributed by atoms with Crippen molar-refractivity contribution in [2.75, 3.05) is 19.6 Å². The van der Waals surface area contributed by atoms with Crippen LogP contribution in [0.4, 0.5) is 4.39 Å². The van der Waals surface area contributed by atoms with Crippen LogP contribution in [-0.2, 0) is 9.59 Å². The molecule has 0 spiro atoms. The van der Waals surface area contributed by atoms with Crippen LogP contribution in [0.5, 0.6) is 0 Å². The van der Waals surface area contributed by atoms with E-state index >= 15 is 0 Å². The summed E-state index contributed by atoms with van der Waals surface area (Å²) in [4.78, 5) is 40.2. The highest BCUT2D eigenvalue weighted by Crippen LogP contribution is 2.31. The van der Waals surface area contributed by atoms with Crippen molar-refractivity contribution in [2.24, 2.45) is 11.8 Å². The lowest BCUT2D eigenvalue weighted by molar-refractivity contribution is -0.144. The molecule has 146 valence electrons. The lowest BCUT2D eigenvalue weighted by Crippen LogP contribution is -2.48. The van der Waals surface area contributed by atoms with Crippen LogP contribution in [0.2, 0.25) is 0 Å². The van der Waals surface area contributed by atoms with Gasteiger partial charge in [0.25, 0.3) is 5.91 Å². The number of rotatable bonds is 6. The van der Waals surface area contributed by atoms with Crippen LogP contribution in [0.15, 0.2) is 24.3 Å². The van der Waals surface area contributed by atoms with Crippen molar-refractivity contribution in [1.82, 2.24) is 9.80 Å². The summed E-state index contributed by atoms with van der Waals surface area (Å²) in [6.07, 6.45) is 3.22. The Kier molecular flexibility index (Phi) is 5.77. The van der Waals surface area contributed by atoms with Gasteiger partial charge < -0.3 is 14.9 Å². The number of carboxylic acids is 1. The summed E-state index contributed by atoms with van der Waals surface area (Å²) in [6.45, 7) is 2.70. The maximum absolute atomic E-state index is 13.1. The van der Waals surface area contributed by atoms with Gasteiger partial charge in [-0.15, -0.1) is 0 Å². The monoisotopic (exact) mass is 376 g/mol. The maximum Gasteiger partial charge on any atom is 0.308 e. The Morgan fingerprint density at radius 1 is 1.22 bits per heavy atom. The molecule has 0 aromatic heterocycles. The lowest BCUT2D eigenvalue weighted by Gasteiger charge is -2.35. The SMILES string of the molecule is CC(CN(C(=O)C1CCCN(C(=O)c2ccc(F)cc2)C1)C1CC1)C(=O)O. The second kappa shape index (κ2) is 8.06. The summed E-state index contributed by atoms with van der Waals surface area (Å²) in [5.41, 5.74) is 0.406. The van der Waals surface area contributed by atoms with Crippen molar-refractivity contribution in [3.63, 3.8) is 0 Å². The number of benzene rings is 1. The molecule has 1 aromatic carbocycles. The molecule has 0 bridgehead atoms. The van der Waals surface area contributed by atoms with E-state index in [0.29, 0.717) is 25.1 Å². The zero-order valence-corrected chi connectivity index (χ0v) is 15.4. The predicted octanol–water partition coefficient (Wildman–Crippen LogP) is 2.39. The molecule has 2 atom stereocenters. The largest absolute Gasteiger partial charge is 0.481 e. The second-order valence-electron chi connectivity index (χ2n) is 7.56. The van der Waals surface area contributed by atoms with Gasteiger partial charge in [-0.25, -0.2) is 4.39 Å². The van der Waals surface area contributed by atoms with Crippen molar-refractivity contribution in [1.29, 1.82) is 0 Å². The molecule has 1 aromatic rings. The number of nitrogens with zero attached hydrogens (tertiary/aromatic N) is 2. The van der Waals surface area contributed by atoms with Gasteiger partial charge in [0.2, 0.25) is 5.91 Å². The molecule has 2 fully saturated rings. The molecule has 1 heterocycles. The van der Waals surface area contributed by atoms with Gasteiger partial charge in [0.1, 0.15) is 5.82 Å². The summed E-state index contributed by atoms with van der Waals surface area (Å²) >= 11 is 0. The van der Waals surface area contributed by atoms with E-state index in [1.165, 1.54) is 24.3 Å². The molecule has 1 saturated carbocycles. The number of piperidine rings is 1. The third kappa shape index (κ3) is 4.64. The predicted molar refractivity (Wildman–Crippen MR) is 96.6 cm³/mol. The fourth-order valence-electron chi connectivity index (χ4n) is 3.55. The molecule has 2 unspecified atom stereocenters. The standard InChI is InChI=1S/C20H25FN2O4/c1-13(20(26)27)11-23(17-8-9-17)19(25)15-3-2-10-22(12-15)18(24)14-4-6-16(21)7-5-14/h4-7,13,15,17H,2-3,8-12H2,1H3,(H,26,27). The van der Waals surface area contributed by atoms with E-state index in [9.17, 15) is 18.8 Å². The molecular formula is C20H25FN2O4. The van der Waals surface area contributed by atoms with E-state index in [2.05, 4.69) is 0 Å². The van der Waals surface area contributed by atoms with Gasteiger partial charge in [0.05, 0.1) is 11.8 Å². The molecule has 2 amide bonds. The minimum Gasteiger partial charge on any atom is -0.481 e. The Morgan fingerprint density at radius 2 is 1.89 bits per heavy atom. The minimum absolute atomic E-state index is 0.0535. The van der Waals surface area contributed by atoms with Gasteiger partial charge in [-0.3, -0.25) is 14.4 Å². The van der Waals surface area contributed by atoms with E-state index in [1.807, 2.05) is 0 Å². The van der Waals surface area contributed by atoms with E-state index < -0.39 is 17.7 Å². The summed E-state index contributed by atoms with van der Waals surface area (Å²) in [6, 6.07) is 5.54. The Hall–Kier alpha value is -2.44. The normalized spacial score (nSPS) is 20.8. The van der Waals surface area contributed by atoms with Gasteiger partial charge >= 0.3 is 5.97 Å². The van der Waals surface area contributed by atoms with Gasteiger partial charge in [-0.1, -0.05) is 6.92 Å². The highest BCUT2D eigenvalue weighted by molar-refractivity contribution is 5.94. The first-order valence-electron chi connectivity index (χ1n) is 9.45. The molecule has 7 heteroatoms. The summed E-state index contributed by atoms with van der Waals surface area (Å²) < 4.78 is 13.1. The number of carboxylic acid groups (broad SMARTS) is 1. The number of aliphatic carboxylic acids is 1. The molecule has 3 rings (SSSR count). The number of hydrogen-bond acceptors (Lipinski definition) is 3. The first-order chi connectivity index (χ1) is 12.9. The van der Waals surface area contributed by atoms with Crippen molar-refractivity contribution < 1.29 is 23.9 Å². The van der Waals surface area contributed by atoms with Gasteiger partial charge in [-0.2, -0.15) is 0 Å². The van der Waals surface area contributed by atoms with E-state index in [0.717, 1.165) is 19.3 Å². The number of hydrogen-bond donors (Lipinski definition) is 1. The number of halogens is 1. The van der Waals surface area contributed by atoms with Crippen molar-refractivity contribution in [3.8, 4) is 0 Å². The molecule has 1 N–H and O–H groups in total. The molecule has 1 aliphatic heterocycles. The Labute approximate surface area is 157 Å². The van der Waals surface area contributed by atoms with Crippen molar-refractivity contribution in [3.05, 3.63) is 35.6 Å². The van der Waals surface area contributed by atoms with E-state index in [4.69, 9.17) is 5.11 Å². The van der Waals surface area contributed by atoms with Gasteiger partial charge in [0, 0.05) is 31.2 Å². The fourth-order valence-corrected chi connectivity index (χ4v) is 3.55. The minimum atomic E-state index is -0.912. The Balaban J connectivity index is 1.67. The smallest absolute Gasteiger partial charge is 0.308 e. The van der Waals surface area contributed by atoms with Crippen LogP contribution < -0.4 is 0 Å². The molecule has 27 heavy (non-hydrogen) atoms. The topological polar surface area (TPSA) is 77.9 Å². The highest BCUT2D eigenvalue weighted by atomic mass is 19.1. The zero-order valence-electron chi connectivity index (χ0n) is 15.4. The summed E-state index contributed by atoms with van der Waals surface area (Å²) in [5, 5.41) is 9.17. The second-order valence-corrected chi connectivity index (χ2v) is 7.56. The van der Waals surface area contributed by atoms with Crippen LogP contribution in [0.1, 0.15) is 43.0 Å². The highest BCUT2D eigenvalue weighted by Gasteiger charge is 2.39. The Bertz CT molecular complexity index is 717. The first-order valence-corrected chi connectivity index (χ1v) is 9.45. The molecule has 1 saturated heterocycles. The molecule has 0 radical (unpaired) electrons. The van der Waals surface area contributed by atoms with Crippen molar-refractivity contribution >= 4 is 17.8 Å². The Morgan fingerprint density at radius 3 is 2.48 bits per heavy atom. The summed E-state index contributed by atoms with van der Waals surface area (Å²) in [7, 11) is 0. The molecule has 1 aliphatic carbocycles. The fraction of sp³-hybridized carbons (Fsp3) is 0.550. The van der Waals surface area contributed by atoms with E-state index in [1.54, 1.807) is 16.7 Å². The molecule has 6 nitrogen and oxygen atoms in total. The maximum atomic E-state index is 13.1. The van der Waals surface area contributed by atoms with Crippen LogP contribution in [0.25, 0.3) is 0 Å². The summed E-state index contributed by atoms with van der Waals surface area (Å²) in [5.74, 6) is -2.50. The average Bonchev–Trinajstić information content (AvgIpc) is 3.50. The number of amides is 2. The molecule has 2 aliphatic rings. The average molecular weight is 376 g/mol. The van der Waals surface area contributed by atoms with Gasteiger partial charge in [0.15, 0.2) is 0 Å². The zero-order chi connectivity index (χ0) is 19.6. The number of carbonyl (C=O) groups excluding carboxylic acids is 2. The van der Waals surface area contributed by atoms with Crippen LogP contribution in [0, 0.1) is 17.7 Å². The number of likely N-dealkylation sites (tertiary alicyclic amines) is 1. The van der Waals surface area contributed by atoms with Gasteiger partial charge in [-0.05, 0) is 49.9 Å². The van der Waals surface area contributed by atoms with Crippen molar-refractivity contribution in [2.45, 2.75) is 38.6 Å².